The van der Waals surface area contributed by atoms with E-state index in [1.807, 2.05) is 27.7 Å². The van der Waals surface area contributed by atoms with Crippen molar-refractivity contribution in [3.63, 3.8) is 0 Å². The monoisotopic (exact) mass is 291 g/mol. The van der Waals surface area contributed by atoms with Gasteiger partial charge in [-0.3, -0.25) is 0 Å². The first-order chi connectivity index (χ1) is 10.0. The molecule has 0 saturated carbocycles. The van der Waals surface area contributed by atoms with Crippen LogP contribution in [0.5, 0.6) is 5.88 Å². The van der Waals surface area contributed by atoms with Crippen LogP contribution in [0.25, 0.3) is 0 Å². The maximum atomic E-state index is 6.05. The topological polar surface area (TPSA) is 99.1 Å². The number of nitrogens with two attached hydrogens (primary N) is 1. The molecule has 0 fully saturated rings. The van der Waals surface area contributed by atoms with Crippen molar-refractivity contribution in [2.45, 2.75) is 40.2 Å². The second-order valence-corrected chi connectivity index (χ2v) is 4.89. The molecule has 0 aliphatic heterocycles. The minimum atomic E-state index is -0.0347. The van der Waals surface area contributed by atoms with Crippen molar-refractivity contribution in [3.8, 4) is 5.88 Å². The lowest BCUT2D eigenvalue weighted by Crippen LogP contribution is -2.13. The third kappa shape index (κ3) is 3.24. The van der Waals surface area contributed by atoms with Gasteiger partial charge in [0.05, 0.1) is 18.3 Å². The number of ether oxygens (including phenoxy) is 1. The summed E-state index contributed by atoms with van der Waals surface area (Å²) in [4.78, 5) is 8.23. The van der Waals surface area contributed by atoms with Gasteiger partial charge in [-0.25, -0.2) is 4.98 Å². The van der Waals surface area contributed by atoms with E-state index in [0.717, 1.165) is 23.4 Å². The largest absolute Gasteiger partial charge is 0.476 e. The predicted molar refractivity (Wildman–Crippen MR) is 80.2 cm³/mol. The summed E-state index contributed by atoms with van der Waals surface area (Å²) in [6.07, 6.45) is 2.32. The van der Waals surface area contributed by atoms with Gasteiger partial charge < -0.3 is 20.3 Å². The van der Waals surface area contributed by atoms with E-state index in [-0.39, 0.29) is 6.04 Å². The van der Waals surface area contributed by atoms with Crippen LogP contribution in [-0.2, 0) is 0 Å². The number of hydrogen-bond acceptors (Lipinski definition) is 7. The molecule has 0 spiro atoms. The number of hydrogen-bond donors (Lipinski definition) is 2. The van der Waals surface area contributed by atoms with Gasteiger partial charge in [-0.2, -0.15) is 4.98 Å². The summed E-state index contributed by atoms with van der Waals surface area (Å²) in [5.74, 6) is 1.73. The van der Waals surface area contributed by atoms with Crippen LogP contribution in [0, 0.1) is 13.8 Å². The average Bonchev–Trinajstić information content (AvgIpc) is 2.79. The molecule has 21 heavy (non-hydrogen) atoms. The molecule has 0 bridgehead atoms. The molecule has 114 valence electrons. The highest BCUT2D eigenvalue weighted by Crippen LogP contribution is 2.29. The molecular formula is C14H21N5O2. The molecule has 1 atom stereocenters. The summed E-state index contributed by atoms with van der Waals surface area (Å²) in [7, 11) is 0. The summed E-state index contributed by atoms with van der Waals surface area (Å²) in [5, 5.41) is 7.21. The smallest absolute Gasteiger partial charge is 0.242 e. The Morgan fingerprint density at radius 3 is 2.76 bits per heavy atom. The Morgan fingerprint density at radius 2 is 2.14 bits per heavy atom. The molecule has 0 aliphatic carbocycles. The van der Waals surface area contributed by atoms with E-state index < -0.39 is 0 Å². The van der Waals surface area contributed by atoms with Crippen LogP contribution < -0.4 is 15.8 Å². The SMILES string of the molecule is CCCOc1ncnc(NC(C)c2c(C)noc2C)c1N. The van der Waals surface area contributed by atoms with Gasteiger partial charge >= 0.3 is 0 Å². The van der Waals surface area contributed by atoms with Crippen LogP contribution in [0.4, 0.5) is 11.5 Å². The second-order valence-electron chi connectivity index (χ2n) is 4.89. The number of anilines is 2. The molecule has 0 aliphatic rings. The molecule has 2 aromatic rings. The lowest BCUT2D eigenvalue weighted by molar-refractivity contribution is 0.306. The standard InChI is InChI=1S/C14H21N5O2/c1-5-6-20-14-12(15)13(16-7-17-14)18-8(2)11-9(3)19-21-10(11)4/h7-8H,5-6,15H2,1-4H3,(H,16,17,18). The molecule has 0 saturated heterocycles. The summed E-state index contributed by atoms with van der Waals surface area (Å²) < 4.78 is 10.7. The highest BCUT2D eigenvalue weighted by atomic mass is 16.5. The molecule has 1 unspecified atom stereocenters. The van der Waals surface area contributed by atoms with Gasteiger partial charge in [-0.05, 0) is 27.2 Å². The quantitative estimate of drug-likeness (QED) is 0.843. The van der Waals surface area contributed by atoms with Gasteiger partial charge in [-0.1, -0.05) is 12.1 Å². The predicted octanol–water partition coefficient (Wildman–Crippen LogP) is 2.63. The Hall–Kier alpha value is -2.31. The van der Waals surface area contributed by atoms with Crippen LogP contribution in [0.3, 0.4) is 0 Å². The molecule has 7 nitrogen and oxygen atoms in total. The fraction of sp³-hybridized carbons (Fsp3) is 0.500. The maximum absolute atomic E-state index is 6.05. The lowest BCUT2D eigenvalue weighted by atomic mass is 10.1. The second kappa shape index (κ2) is 6.43. The Balaban J connectivity index is 2.19. The molecule has 0 aromatic carbocycles. The molecule has 0 amide bonds. The van der Waals surface area contributed by atoms with Crippen LogP contribution in [0.15, 0.2) is 10.9 Å². The first-order valence-corrected chi connectivity index (χ1v) is 6.97. The van der Waals surface area contributed by atoms with E-state index in [2.05, 4.69) is 20.4 Å². The van der Waals surface area contributed by atoms with Crippen molar-refractivity contribution in [2.24, 2.45) is 0 Å². The van der Waals surface area contributed by atoms with Crippen molar-refractivity contribution >= 4 is 11.5 Å². The van der Waals surface area contributed by atoms with Gasteiger partial charge in [-0.15, -0.1) is 0 Å². The number of aryl methyl sites for hydroxylation is 2. The minimum Gasteiger partial charge on any atom is -0.476 e. The molecular weight excluding hydrogens is 270 g/mol. The van der Waals surface area contributed by atoms with Crippen molar-refractivity contribution in [3.05, 3.63) is 23.3 Å². The van der Waals surface area contributed by atoms with E-state index in [4.69, 9.17) is 15.0 Å². The van der Waals surface area contributed by atoms with Gasteiger partial charge in [0.2, 0.25) is 5.88 Å². The summed E-state index contributed by atoms with van der Waals surface area (Å²) in [6.45, 7) is 8.38. The Kier molecular flexibility index (Phi) is 4.62. The first kappa shape index (κ1) is 15.1. The fourth-order valence-electron chi connectivity index (χ4n) is 2.19. The van der Waals surface area contributed by atoms with Gasteiger partial charge in [0.15, 0.2) is 5.82 Å². The zero-order valence-corrected chi connectivity index (χ0v) is 12.8. The average molecular weight is 291 g/mol. The number of nitrogens with zero attached hydrogens (tertiary/aromatic N) is 3. The van der Waals surface area contributed by atoms with Crippen LogP contribution in [0.1, 0.15) is 43.3 Å². The number of aromatic nitrogens is 3. The summed E-state index contributed by atoms with van der Waals surface area (Å²) in [6, 6.07) is -0.0347. The number of nitrogens with one attached hydrogen (secondary N) is 1. The van der Waals surface area contributed by atoms with E-state index in [1.165, 1.54) is 6.33 Å². The molecule has 3 N–H and O–H groups in total. The molecule has 7 heteroatoms. The Bertz CT molecular complexity index is 592. The van der Waals surface area contributed by atoms with E-state index >= 15 is 0 Å². The summed E-state index contributed by atoms with van der Waals surface area (Å²) >= 11 is 0. The highest BCUT2D eigenvalue weighted by molar-refractivity contribution is 5.67. The zero-order chi connectivity index (χ0) is 15.4. The van der Waals surface area contributed by atoms with Crippen LogP contribution >= 0.6 is 0 Å². The zero-order valence-electron chi connectivity index (χ0n) is 12.8. The Morgan fingerprint density at radius 1 is 1.38 bits per heavy atom. The normalized spacial score (nSPS) is 12.2. The van der Waals surface area contributed by atoms with E-state index in [0.29, 0.717) is 24.0 Å². The first-order valence-electron chi connectivity index (χ1n) is 6.97. The van der Waals surface area contributed by atoms with Crippen LogP contribution in [0.2, 0.25) is 0 Å². The number of nitrogen functional groups attached to an aromatic ring is 1. The highest BCUT2D eigenvalue weighted by Gasteiger charge is 2.18. The third-order valence-corrected chi connectivity index (χ3v) is 3.17. The fourth-order valence-corrected chi connectivity index (χ4v) is 2.19. The van der Waals surface area contributed by atoms with Crippen molar-refractivity contribution in [1.29, 1.82) is 0 Å². The third-order valence-electron chi connectivity index (χ3n) is 3.17. The van der Waals surface area contributed by atoms with Gasteiger partial charge in [0.25, 0.3) is 0 Å². The summed E-state index contributed by atoms with van der Waals surface area (Å²) in [5.41, 5.74) is 8.31. The molecule has 2 rings (SSSR count). The van der Waals surface area contributed by atoms with E-state index in [1.54, 1.807) is 0 Å². The van der Waals surface area contributed by atoms with Crippen LogP contribution in [-0.4, -0.2) is 21.7 Å². The lowest BCUT2D eigenvalue weighted by Gasteiger charge is -2.16. The molecule has 0 radical (unpaired) electrons. The molecule has 2 heterocycles. The number of rotatable bonds is 6. The van der Waals surface area contributed by atoms with E-state index in [9.17, 15) is 0 Å². The van der Waals surface area contributed by atoms with Gasteiger partial charge in [0, 0.05) is 5.56 Å². The van der Waals surface area contributed by atoms with Crippen molar-refractivity contribution < 1.29 is 9.26 Å². The van der Waals surface area contributed by atoms with Crippen molar-refractivity contribution in [1.82, 2.24) is 15.1 Å². The molecule has 2 aromatic heterocycles. The minimum absolute atomic E-state index is 0.0347. The van der Waals surface area contributed by atoms with Crippen molar-refractivity contribution in [2.75, 3.05) is 17.7 Å². The van der Waals surface area contributed by atoms with Gasteiger partial charge in [0.1, 0.15) is 17.8 Å². The maximum Gasteiger partial charge on any atom is 0.242 e. The Labute approximate surface area is 123 Å².